The number of rotatable bonds is 2. The summed E-state index contributed by atoms with van der Waals surface area (Å²) < 4.78 is 0. The van der Waals surface area contributed by atoms with E-state index >= 15 is 0 Å². The molecule has 18 heavy (non-hydrogen) atoms. The molecule has 2 unspecified atom stereocenters. The van der Waals surface area contributed by atoms with Gasteiger partial charge in [0.1, 0.15) is 6.54 Å². The van der Waals surface area contributed by atoms with Gasteiger partial charge in [-0.2, -0.15) is 0 Å². The van der Waals surface area contributed by atoms with Gasteiger partial charge in [-0.25, -0.2) is 4.79 Å². The van der Waals surface area contributed by atoms with E-state index in [0.29, 0.717) is 19.5 Å². The first-order valence-electron chi connectivity index (χ1n) is 6.48. The SMILES string of the molecule is O=C(O)CNC(=O)N1CCC2(O)CCCCC2C1. The topological polar surface area (TPSA) is 89.9 Å². The summed E-state index contributed by atoms with van der Waals surface area (Å²) in [6, 6.07) is -0.343. The number of hydrogen-bond donors (Lipinski definition) is 3. The van der Waals surface area contributed by atoms with Gasteiger partial charge in [-0.1, -0.05) is 12.8 Å². The molecule has 0 bridgehead atoms. The number of fused-ring (bicyclic) bond motifs is 1. The van der Waals surface area contributed by atoms with Crippen molar-refractivity contribution in [2.24, 2.45) is 5.92 Å². The molecule has 6 nitrogen and oxygen atoms in total. The maximum Gasteiger partial charge on any atom is 0.323 e. The first-order valence-corrected chi connectivity index (χ1v) is 6.48. The molecule has 102 valence electrons. The van der Waals surface area contributed by atoms with Gasteiger partial charge < -0.3 is 20.4 Å². The molecule has 2 rings (SSSR count). The highest BCUT2D eigenvalue weighted by Crippen LogP contribution is 2.39. The van der Waals surface area contributed by atoms with E-state index in [-0.39, 0.29) is 18.5 Å². The molecule has 1 aliphatic carbocycles. The predicted octanol–water partition coefficient (Wildman–Crippen LogP) is 0.408. The molecule has 0 aromatic carbocycles. The normalized spacial score (nSPS) is 31.6. The van der Waals surface area contributed by atoms with Crippen molar-refractivity contribution in [2.45, 2.75) is 37.7 Å². The summed E-state index contributed by atoms with van der Waals surface area (Å²) in [6.45, 7) is 0.671. The maximum atomic E-state index is 11.8. The van der Waals surface area contributed by atoms with Crippen LogP contribution in [0.25, 0.3) is 0 Å². The fourth-order valence-electron chi connectivity index (χ4n) is 3.02. The number of carbonyl (C=O) groups excluding carboxylic acids is 1. The monoisotopic (exact) mass is 256 g/mol. The minimum atomic E-state index is -1.05. The molecule has 3 N–H and O–H groups in total. The molecule has 0 spiro atoms. The molecule has 2 aliphatic rings. The molecule has 2 fully saturated rings. The largest absolute Gasteiger partial charge is 0.480 e. The Morgan fingerprint density at radius 1 is 1.33 bits per heavy atom. The van der Waals surface area contributed by atoms with Gasteiger partial charge in [0.05, 0.1) is 5.60 Å². The van der Waals surface area contributed by atoms with Gasteiger partial charge in [0.25, 0.3) is 0 Å². The number of aliphatic hydroxyl groups is 1. The van der Waals surface area contributed by atoms with Crippen LogP contribution in [0.2, 0.25) is 0 Å². The van der Waals surface area contributed by atoms with Gasteiger partial charge in [0, 0.05) is 19.0 Å². The maximum absolute atomic E-state index is 11.8. The van der Waals surface area contributed by atoms with Crippen LogP contribution >= 0.6 is 0 Å². The molecule has 6 heteroatoms. The number of nitrogens with zero attached hydrogens (tertiary/aromatic N) is 1. The Morgan fingerprint density at radius 3 is 2.83 bits per heavy atom. The third-order valence-electron chi connectivity index (χ3n) is 4.11. The lowest BCUT2D eigenvalue weighted by atomic mass is 9.71. The molecule has 1 saturated carbocycles. The van der Waals surface area contributed by atoms with E-state index in [4.69, 9.17) is 5.11 Å². The number of likely N-dealkylation sites (tertiary alicyclic amines) is 1. The van der Waals surface area contributed by atoms with Crippen molar-refractivity contribution in [3.8, 4) is 0 Å². The zero-order valence-corrected chi connectivity index (χ0v) is 10.4. The van der Waals surface area contributed by atoms with Crippen LogP contribution in [-0.2, 0) is 4.79 Å². The van der Waals surface area contributed by atoms with E-state index in [1.165, 1.54) is 0 Å². The Kier molecular flexibility index (Phi) is 3.75. The second kappa shape index (κ2) is 5.14. The number of amides is 2. The van der Waals surface area contributed by atoms with Crippen molar-refractivity contribution in [1.29, 1.82) is 0 Å². The van der Waals surface area contributed by atoms with Gasteiger partial charge in [-0.15, -0.1) is 0 Å². The van der Waals surface area contributed by atoms with Crippen LogP contribution in [0.1, 0.15) is 32.1 Å². The third-order valence-corrected chi connectivity index (χ3v) is 4.11. The van der Waals surface area contributed by atoms with E-state index in [1.54, 1.807) is 4.90 Å². The van der Waals surface area contributed by atoms with Gasteiger partial charge >= 0.3 is 12.0 Å². The molecule has 2 atom stereocenters. The summed E-state index contributed by atoms with van der Waals surface area (Å²) in [7, 11) is 0. The summed E-state index contributed by atoms with van der Waals surface area (Å²) in [5.41, 5.74) is -0.609. The highest BCUT2D eigenvalue weighted by molar-refractivity contribution is 5.80. The van der Waals surface area contributed by atoms with Gasteiger partial charge in [-0.05, 0) is 19.3 Å². The Balaban J connectivity index is 1.90. The number of urea groups is 1. The van der Waals surface area contributed by atoms with Crippen LogP contribution in [0, 0.1) is 5.92 Å². The number of carbonyl (C=O) groups is 2. The standard InChI is InChI=1S/C12H20N2O4/c15-10(16)7-13-11(17)14-6-5-12(18)4-2-1-3-9(12)8-14/h9,18H,1-8H2,(H,13,17)(H,15,16). The summed E-state index contributed by atoms with van der Waals surface area (Å²) in [5.74, 6) is -0.912. The van der Waals surface area contributed by atoms with Crippen molar-refractivity contribution in [3.05, 3.63) is 0 Å². The second-order valence-corrected chi connectivity index (χ2v) is 5.29. The number of nitrogens with one attached hydrogen (secondary N) is 1. The first-order chi connectivity index (χ1) is 8.51. The number of carboxylic acid groups (broad SMARTS) is 1. The highest BCUT2D eigenvalue weighted by Gasteiger charge is 2.43. The summed E-state index contributed by atoms with van der Waals surface area (Å²) in [5, 5.41) is 21.3. The van der Waals surface area contributed by atoms with Crippen LogP contribution < -0.4 is 5.32 Å². The highest BCUT2D eigenvalue weighted by atomic mass is 16.4. The molecule has 2 amide bonds. The van der Waals surface area contributed by atoms with Crippen LogP contribution in [0.4, 0.5) is 4.79 Å². The van der Waals surface area contributed by atoms with Gasteiger partial charge in [-0.3, -0.25) is 4.79 Å². The molecule has 0 aromatic heterocycles. The van der Waals surface area contributed by atoms with Crippen molar-refractivity contribution in [3.63, 3.8) is 0 Å². The van der Waals surface area contributed by atoms with Crippen LogP contribution in [0.3, 0.4) is 0 Å². The van der Waals surface area contributed by atoms with E-state index in [2.05, 4.69) is 5.32 Å². The third kappa shape index (κ3) is 2.75. The zero-order chi connectivity index (χ0) is 13.2. The molecule has 1 heterocycles. The van der Waals surface area contributed by atoms with E-state index in [0.717, 1.165) is 25.7 Å². The molecular weight excluding hydrogens is 236 g/mol. The average Bonchev–Trinajstić information content (AvgIpc) is 2.34. The quantitative estimate of drug-likeness (QED) is 0.667. The minimum absolute atomic E-state index is 0.135. The Labute approximate surface area is 106 Å². The Morgan fingerprint density at radius 2 is 2.11 bits per heavy atom. The summed E-state index contributed by atoms with van der Waals surface area (Å²) in [6.07, 6.45) is 4.51. The van der Waals surface area contributed by atoms with Crippen LogP contribution in [0.15, 0.2) is 0 Å². The zero-order valence-electron chi connectivity index (χ0n) is 10.4. The van der Waals surface area contributed by atoms with Crippen molar-refractivity contribution in [1.82, 2.24) is 10.2 Å². The Bertz CT molecular complexity index is 347. The van der Waals surface area contributed by atoms with Crippen molar-refractivity contribution in [2.75, 3.05) is 19.6 Å². The molecule has 0 radical (unpaired) electrons. The first kappa shape index (κ1) is 13.1. The lowest BCUT2D eigenvalue weighted by Gasteiger charge is -2.47. The molecule has 0 aromatic rings. The van der Waals surface area contributed by atoms with E-state index in [9.17, 15) is 14.7 Å². The molecular formula is C12H20N2O4. The number of hydrogen-bond acceptors (Lipinski definition) is 3. The van der Waals surface area contributed by atoms with E-state index < -0.39 is 11.6 Å². The van der Waals surface area contributed by atoms with Gasteiger partial charge in [0.2, 0.25) is 0 Å². The number of aliphatic carboxylic acids is 1. The van der Waals surface area contributed by atoms with Crippen molar-refractivity contribution >= 4 is 12.0 Å². The van der Waals surface area contributed by atoms with Gasteiger partial charge in [0.15, 0.2) is 0 Å². The van der Waals surface area contributed by atoms with Crippen molar-refractivity contribution < 1.29 is 19.8 Å². The smallest absolute Gasteiger partial charge is 0.323 e. The Hall–Kier alpha value is -1.30. The summed E-state index contributed by atoms with van der Waals surface area (Å²) >= 11 is 0. The average molecular weight is 256 g/mol. The fraction of sp³-hybridized carbons (Fsp3) is 0.833. The van der Waals surface area contributed by atoms with E-state index in [1.807, 2.05) is 0 Å². The second-order valence-electron chi connectivity index (χ2n) is 5.29. The number of piperidine rings is 1. The minimum Gasteiger partial charge on any atom is -0.480 e. The van der Waals surface area contributed by atoms with Crippen LogP contribution in [-0.4, -0.2) is 52.3 Å². The van der Waals surface area contributed by atoms with Crippen LogP contribution in [0.5, 0.6) is 0 Å². The molecule has 1 aliphatic heterocycles. The lowest BCUT2D eigenvalue weighted by Crippen LogP contribution is -2.56. The fourth-order valence-corrected chi connectivity index (χ4v) is 3.02. The summed E-state index contributed by atoms with van der Waals surface area (Å²) in [4.78, 5) is 23.8. The molecule has 1 saturated heterocycles. The number of carboxylic acids is 1. The lowest BCUT2D eigenvalue weighted by molar-refractivity contribution is -0.135. The predicted molar refractivity (Wildman–Crippen MR) is 64.1 cm³/mol.